The summed E-state index contributed by atoms with van der Waals surface area (Å²) in [5.41, 5.74) is -0.645. The lowest BCUT2D eigenvalue weighted by atomic mass is 9.81. The smallest absolute Gasteiger partial charge is 0.348 e. The van der Waals surface area contributed by atoms with Crippen LogP contribution in [-0.2, 0) is 17.7 Å². The van der Waals surface area contributed by atoms with Crippen LogP contribution in [0.3, 0.4) is 0 Å². The summed E-state index contributed by atoms with van der Waals surface area (Å²) < 4.78 is 29.8. The number of hydrogen-bond acceptors (Lipinski definition) is 8. The van der Waals surface area contributed by atoms with Crippen LogP contribution in [0.2, 0.25) is 0 Å². The number of piperidine rings is 4. The molecule has 0 aliphatic carbocycles. The second-order valence-electron chi connectivity index (χ2n) is 20.7. The molecule has 45 heavy (non-hydrogen) atoms. The second-order valence-corrected chi connectivity index (χ2v) is 22.6. The molecule has 0 bridgehead atoms. The van der Waals surface area contributed by atoms with Crippen LogP contribution in [0, 0.1) is 0 Å². The van der Waals surface area contributed by atoms with Gasteiger partial charge in [0.15, 0.2) is 0 Å². The van der Waals surface area contributed by atoms with E-state index in [4.69, 9.17) is 17.7 Å². The summed E-state index contributed by atoms with van der Waals surface area (Å²) >= 11 is 0. The molecule has 0 saturated carbocycles. The molecule has 264 valence electrons. The summed E-state index contributed by atoms with van der Waals surface area (Å²) in [5, 5.41) is 15.4. The minimum absolute atomic E-state index is 0.0453. The Morgan fingerprint density at radius 1 is 0.311 bits per heavy atom. The van der Waals surface area contributed by atoms with E-state index < -0.39 is 9.05 Å². The van der Waals surface area contributed by atoms with Gasteiger partial charge in [0.05, 0.1) is 24.4 Å². The highest BCUT2D eigenvalue weighted by Gasteiger charge is 2.58. The number of hydrogen-bond donors (Lipinski definition) is 4. The van der Waals surface area contributed by atoms with Gasteiger partial charge in [-0.2, -0.15) is 0 Å². The van der Waals surface area contributed by atoms with Crippen molar-refractivity contribution < 1.29 is 17.7 Å². The van der Waals surface area contributed by atoms with E-state index in [-0.39, 0.29) is 68.7 Å². The quantitative estimate of drug-likeness (QED) is 0.215. The van der Waals surface area contributed by atoms with Gasteiger partial charge in [-0.15, -0.1) is 0 Å². The van der Waals surface area contributed by atoms with E-state index in [0.29, 0.717) is 0 Å². The van der Waals surface area contributed by atoms with Crippen molar-refractivity contribution in [3.63, 3.8) is 0 Å². The largest absolute Gasteiger partial charge is 0.680 e. The molecule has 4 aliphatic rings. The number of rotatable bonds is 8. The topological polar surface area (TPSA) is 85.0 Å². The Labute approximate surface area is 278 Å². The monoisotopic (exact) mass is 653 g/mol. The molecule has 4 N–H and O–H groups in total. The third-order valence-corrected chi connectivity index (χ3v) is 12.3. The lowest BCUT2D eigenvalue weighted by Gasteiger charge is -2.52. The average molecular weight is 653 g/mol. The lowest BCUT2D eigenvalue weighted by Crippen LogP contribution is -2.68. The first-order valence-corrected chi connectivity index (χ1v) is 19.5. The van der Waals surface area contributed by atoms with Gasteiger partial charge in [0.1, 0.15) is 0 Å². The fraction of sp³-hybridized carbons (Fsp3) is 1.00. The Kier molecular flexibility index (Phi) is 10.1. The molecule has 0 radical (unpaired) electrons. The molecule has 0 spiro atoms. The molecule has 4 aliphatic heterocycles. The molecule has 9 heteroatoms. The van der Waals surface area contributed by atoms with Gasteiger partial charge in [-0.05, 0) is 162 Å². The van der Waals surface area contributed by atoms with Crippen LogP contribution in [-0.4, -0.2) is 77.8 Å². The molecule has 0 aromatic rings. The van der Waals surface area contributed by atoms with Gasteiger partial charge in [0.25, 0.3) is 0 Å². The summed E-state index contributed by atoms with van der Waals surface area (Å²) in [5.74, 6) is 0. The van der Waals surface area contributed by atoms with Crippen molar-refractivity contribution in [1.29, 1.82) is 0 Å². The maximum atomic E-state index is 7.44. The molecule has 4 saturated heterocycles. The highest BCUT2D eigenvalue weighted by molar-refractivity contribution is 6.53. The molecule has 0 aromatic carbocycles. The van der Waals surface area contributed by atoms with Crippen LogP contribution >= 0.6 is 0 Å². The predicted octanol–water partition coefficient (Wildman–Crippen LogP) is 6.73. The molecule has 4 fully saturated rings. The molecule has 0 atom stereocenters. The fourth-order valence-electron chi connectivity index (χ4n) is 10.2. The third kappa shape index (κ3) is 10.9. The van der Waals surface area contributed by atoms with E-state index in [1.54, 1.807) is 0 Å². The van der Waals surface area contributed by atoms with Crippen LogP contribution in [0.5, 0.6) is 0 Å². The normalized spacial score (nSPS) is 31.5. The predicted molar refractivity (Wildman–Crippen MR) is 187 cm³/mol. The summed E-state index contributed by atoms with van der Waals surface area (Å²) in [7, 11) is -3.76. The van der Waals surface area contributed by atoms with Gasteiger partial charge in [-0.1, -0.05) is 0 Å². The highest BCUT2D eigenvalue weighted by Crippen LogP contribution is 2.41. The van der Waals surface area contributed by atoms with Crippen molar-refractivity contribution in [2.45, 2.75) is 231 Å². The number of nitrogens with one attached hydrogen (secondary N) is 4. The van der Waals surface area contributed by atoms with E-state index in [1.165, 1.54) is 0 Å². The van der Waals surface area contributed by atoms with Crippen LogP contribution in [0.1, 0.15) is 162 Å². The Morgan fingerprint density at radius 3 is 0.578 bits per heavy atom. The highest BCUT2D eigenvalue weighted by atomic mass is 28.4. The van der Waals surface area contributed by atoms with E-state index in [9.17, 15) is 0 Å². The first-order chi connectivity index (χ1) is 20.0. The molecule has 0 aromatic heterocycles. The fourth-order valence-corrected chi connectivity index (χ4v) is 12.9. The molecule has 4 heterocycles. The Morgan fingerprint density at radius 2 is 0.444 bits per heavy atom. The van der Waals surface area contributed by atoms with E-state index >= 15 is 0 Å². The van der Waals surface area contributed by atoms with Gasteiger partial charge >= 0.3 is 9.05 Å². The lowest BCUT2D eigenvalue weighted by molar-refractivity contribution is -0.144. The molecule has 0 unspecified atom stereocenters. The van der Waals surface area contributed by atoms with Gasteiger partial charge in [-0.3, -0.25) is 0 Å². The molecular weight excluding hydrogens is 581 g/mol. The van der Waals surface area contributed by atoms with Crippen LogP contribution in [0.25, 0.3) is 0 Å². The SMILES string of the molecule is CC1(C)CC(O[Si](OC2CC(C)(C)NC(C)(C)C2)(OC2CC(C)(C)NC(C)(C)C2)OC2CC(C)(C)NC(C)(C)C2)CC(C)(C)N1. The maximum Gasteiger partial charge on any atom is 0.680 e. The zero-order chi connectivity index (χ0) is 34.1. The Bertz CT molecular complexity index is 824. The standard InChI is InChI=1S/C36H72N4O4Si/c1-29(2)17-25(18-30(3,4)37-29)41-45(42-26-19-31(5,6)38-32(7,8)20-26,43-27-21-33(9,10)39-34(11,12)22-27)44-28-23-35(13,14)40-36(15,16)24-28/h25-28,37-40H,17-24H2,1-16H3. The maximum absolute atomic E-state index is 7.44. The van der Waals surface area contributed by atoms with Gasteiger partial charge < -0.3 is 39.0 Å². The summed E-state index contributed by atoms with van der Waals surface area (Å²) in [6.45, 7) is 36.5. The van der Waals surface area contributed by atoms with Gasteiger partial charge in [0, 0.05) is 44.3 Å². The molecule has 0 amide bonds. The summed E-state index contributed by atoms with van der Waals surface area (Å²) in [6.07, 6.45) is 6.79. The Hall–Kier alpha value is -0.103. The summed E-state index contributed by atoms with van der Waals surface area (Å²) in [6, 6.07) is 0. The first-order valence-electron chi connectivity index (χ1n) is 17.9. The Balaban J connectivity index is 1.79. The van der Waals surface area contributed by atoms with Crippen LogP contribution < -0.4 is 21.3 Å². The van der Waals surface area contributed by atoms with Gasteiger partial charge in [-0.25, -0.2) is 0 Å². The van der Waals surface area contributed by atoms with E-state index in [0.717, 1.165) is 51.4 Å². The van der Waals surface area contributed by atoms with Crippen molar-refractivity contribution in [2.24, 2.45) is 0 Å². The average Bonchev–Trinajstić information content (AvgIpc) is 2.62. The van der Waals surface area contributed by atoms with Crippen LogP contribution in [0.15, 0.2) is 0 Å². The van der Waals surface area contributed by atoms with Crippen LogP contribution in [0.4, 0.5) is 0 Å². The molecular formula is C36H72N4O4Si. The third-order valence-electron chi connectivity index (χ3n) is 9.85. The van der Waals surface area contributed by atoms with Crippen molar-refractivity contribution >= 4 is 9.05 Å². The van der Waals surface area contributed by atoms with E-state index in [1.807, 2.05) is 0 Å². The molecule has 8 nitrogen and oxygen atoms in total. The molecule has 4 rings (SSSR count). The second kappa shape index (κ2) is 12.0. The minimum Gasteiger partial charge on any atom is -0.348 e. The van der Waals surface area contributed by atoms with Gasteiger partial charge in [0.2, 0.25) is 0 Å². The van der Waals surface area contributed by atoms with Crippen molar-refractivity contribution in [3.8, 4) is 0 Å². The first kappa shape index (κ1) is 37.7. The zero-order valence-corrected chi connectivity index (χ0v) is 33.1. The van der Waals surface area contributed by atoms with Crippen molar-refractivity contribution in [2.75, 3.05) is 0 Å². The van der Waals surface area contributed by atoms with E-state index in [2.05, 4.69) is 132 Å². The van der Waals surface area contributed by atoms with Crippen molar-refractivity contribution in [3.05, 3.63) is 0 Å². The minimum atomic E-state index is -3.76. The zero-order valence-electron chi connectivity index (χ0n) is 32.1. The summed E-state index contributed by atoms with van der Waals surface area (Å²) in [4.78, 5) is 0. The van der Waals surface area contributed by atoms with Crippen molar-refractivity contribution in [1.82, 2.24) is 21.3 Å².